The van der Waals surface area contributed by atoms with Crippen LogP contribution in [0.15, 0.2) is 0 Å². The maximum absolute atomic E-state index is 10.4. The molecule has 0 aromatic heterocycles. The molecule has 1 fully saturated rings. The van der Waals surface area contributed by atoms with E-state index in [1.165, 1.54) is 0 Å². The molecule has 0 aromatic carbocycles. The van der Waals surface area contributed by atoms with Crippen LogP contribution >= 0.6 is 0 Å². The highest BCUT2D eigenvalue weighted by Gasteiger charge is 2.24. The third-order valence-corrected chi connectivity index (χ3v) is 3.21. The topological polar surface area (TPSA) is 64.0 Å². The lowest BCUT2D eigenvalue weighted by Crippen LogP contribution is -2.52. The van der Waals surface area contributed by atoms with Crippen LogP contribution in [0.1, 0.15) is 19.8 Å². The highest BCUT2D eigenvalue weighted by Crippen LogP contribution is 2.11. The summed E-state index contributed by atoms with van der Waals surface area (Å²) in [6, 6.07) is 0.519. The van der Waals surface area contributed by atoms with Gasteiger partial charge in [-0.3, -0.25) is 9.69 Å². The molecule has 0 spiro atoms. The Kier molecular flexibility index (Phi) is 5.18. The van der Waals surface area contributed by atoms with Gasteiger partial charge in [0.2, 0.25) is 0 Å². The average Bonchev–Trinajstić information content (AvgIpc) is 2.19. The lowest BCUT2D eigenvalue weighted by atomic mass is 10.1. The van der Waals surface area contributed by atoms with Gasteiger partial charge in [-0.15, -0.1) is 0 Å². The van der Waals surface area contributed by atoms with Crippen molar-refractivity contribution in [3.63, 3.8) is 0 Å². The maximum Gasteiger partial charge on any atom is 0.306 e. The summed E-state index contributed by atoms with van der Waals surface area (Å²) in [4.78, 5) is 14.9. The number of carbonyl (C=O) groups is 1. The molecule has 0 radical (unpaired) electrons. The molecule has 1 saturated heterocycles. The van der Waals surface area contributed by atoms with Crippen molar-refractivity contribution in [1.29, 1.82) is 0 Å². The van der Waals surface area contributed by atoms with Gasteiger partial charge in [0.25, 0.3) is 0 Å². The smallest absolute Gasteiger partial charge is 0.306 e. The van der Waals surface area contributed by atoms with Crippen molar-refractivity contribution in [1.82, 2.24) is 9.80 Å². The summed E-state index contributed by atoms with van der Waals surface area (Å²) >= 11 is 0. The van der Waals surface area contributed by atoms with Crippen LogP contribution in [-0.2, 0) is 4.79 Å². The van der Waals surface area contributed by atoms with Crippen molar-refractivity contribution in [2.75, 3.05) is 33.2 Å². The lowest BCUT2D eigenvalue weighted by Gasteiger charge is -2.39. The number of hydrogen-bond donors (Lipinski definition) is 2. The summed E-state index contributed by atoms with van der Waals surface area (Å²) in [6.07, 6.45) is 0.170. The quantitative estimate of drug-likeness (QED) is 0.687. The van der Waals surface area contributed by atoms with Crippen molar-refractivity contribution >= 4 is 5.97 Å². The maximum atomic E-state index is 10.4. The summed E-state index contributed by atoms with van der Waals surface area (Å²) in [7, 11) is 2.11. The molecule has 1 aliphatic heterocycles. The Labute approximate surface area is 96.7 Å². The summed E-state index contributed by atoms with van der Waals surface area (Å²) in [5.74, 6) is -0.936. The molecule has 1 aliphatic rings. The van der Waals surface area contributed by atoms with Gasteiger partial charge in [-0.2, -0.15) is 0 Å². The van der Waals surface area contributed by atoms with E-state index >= 15 is 0 Å². The van der Waals surface area contributed by atoms with Crippen molar-refractivity contribution in [2.45, 2.75) is 31.9 Å². The van der Waals surface area contributed by atoms with E-state index in [1.807, 2.05) is 0 Å². The fourth-order valence-electron chi connectivity index (χ4n) is 2.18. The number of hydrogen-bond acceptors (Lipinski definition) is 4. The molecular weight excluding hydrogens is 208 g/mol. The van der Waals surface area contributed by atoms with Crippen LogP contribution in [-0.4, -0.2) is 71.4 Å². The molecule has 0 bridgehead atoms. The third-order valence-electron chi connectivity index (χ3n) is 3.21. The van der Waals surface area contributed by atoms with Gasteiger partial charge in [0.1, 0.15) is 0 Å². The normalized spacial score (nSPS) is 25.6. The fourth-order valence-corrected chi connectivity index (χ4v) is 2.18. The number of aliphatic carboxylic acids is 1. The van der Waals surface area contributed by atoms with E-state index in [4.69, 9.17) is 5.11 Å². The first-order chi connectivity index (χ1) is 7.52. The van der Waals surface area contributed by atoms with E-state index in [2.05, 4.69) is 23.8 Å². The highest BCUT2D eigenvalue weighted by molar-refractivity contribution is 5.67. The van der Waals surface area contributed by atoms with Crippen molar-refractivity contribution in [2.24, 2.45) is 0 Å². The molecular formula is C11H22N2O3. The molecule has 16 heavy (non-hydrogen) atoms. The van der Waals surface area contributed by atoms with Crippen LogP contribution in [0.3, 0.4) is 0 Å². The van der Waals surface area contributed by atoms with Gasteiger partial charge in [0, 0.05) is 32.2 Å². The second-order valence-corrected chi connectivity index (χ2v) is 4.55. The molecule has 1 heterocycles. The van der Waals surface area contributed by atoms with Crippen LogP contribution in [0, 0.1) is 0 Å². The lowest BCUT2D eigenvalue weighted by molar-refractivity contribution is -0.139. The number of β-amino-alcohol motifs (C(OH)–C–C–N with tert-alkyl or cyclic N) is 1. The molecule has 0 aromatic rings. The summed E-state index contributed by atoms with van der Waals surface area (Å²) in [5.41, 5.74) is 0. The van der Waals surface area contributed by atoms with E-state index in [9.17, 15) is 9.90 Å². The number of piperazine rings is 1. The highest BCUT2D eigenvalue weighted by atomic mass is 16.4. The van der Waals surface area contributed by atoms with Gasteiger partial charge in [0.15, 0.2) is 0 Å². The Hall–Kier alpha value is -0.650. The van der Waals surface area contributed by atoms with Gasteiger partial charge in [-0.1, -0.05) is 6.92 Å². The van der Waals surface area contributed by atoms with E-state index < -0.39 is 12.1 Å². The predicted molar refractivity (Wildman–Crippen MR) is 61.4 cm³/mol. The standard InChI is InChI=1S/C11H22N2O3/c1-3-9-7-13(5-4-12(9)2)8-10(14)6-11(15)16/h9-10,14H,3-8H2,1-2H3,(H,15,16). The van der Waals surface area contributed by atoms with E-state index in [-0.39, 0.29) is 6.42 Å². The Morgan fingerprint density at radius 2 is 2.19 bits per heavy atom. The molecule has 2 atom stereocenters. The number of carboxylic acids is 1. The Morgan fingerprint density at radius 3 is 2.75 bits per heavy atom. The Bertz CT molecular complexity index is 235. The molecule has 94 valence electrons. The van der Waals surface area contributed by atoms with E-state index in [0.717, 1.165) is 26.1 Å². The minimum absolute atomic E-state index is 0.164. The van der Waals surface area contributed by atoms with E-state index in [0.29, 0.717) is 12.6 Å². The van der Waals surface area contributed by atoms with Crippen LogP contribution in [0.4, 0.5) is 0 Å². The molecule has 1 rings (SSSR count). The molecule has 2 unspecified atom stereocenters. The summed E-state index contributed by atoms with van der Waals surface area (Å²) in [5, 5.41) is 18.1. The van der Waals surface area contributed by atoms with Crippen LogP contribution in [0.5, 0.6) is 0 Å². The van der Waals surface area contributed by atoms with Crippen molar-refractivity contribution in [3.05, 3.63) is 0 Å². The second-order valence-electron chi connectivity index (χ2n) is 4.55. The third kappa shape index (κ3) is 4.08. The monoisotopic (exact) mass is 230 g/mol. The zero-order chi connectivity index (χ0) is 12.1. The first-order valence-electron chi connectivity index (χ1n) is 5.85. The minimum Gasteiger partial charge on any atom is -0.481 e. The fraction of sp³-hybridized carbons (Fsp3) is 0.909. The first-order valence-corrected chi connectivity index (χ1v) is 5.85. The summed E-state index contributed by atoms with van der Waals surface area (Å²) in [6.45, 7) is 5.43. The minimum atomic E-state index is -0.936. The molecule has 0 aliphatic carbocycles. The first kappa shape index (κ1) is 13.4. The average molecular weight is 230 g/mol. The van der Waals surface area contributed by atoms with Gasteiger partial charge in [-0.25, -0.2) is 0 Å². The Morgan fingerprint density at radius 1 is 1.50 bits per heavy atom. The largest absolute Gasteiger partial charge is 0.481 e. The van der Waals surface area contributed by atoms with Gasteiger partial charge in [0.05, 0.1) is 12.5 Å². The number of carboxylic acid groups (broad SMARTS) is 1. The number of likely N-dealkylation sites (N-methyl/N-ethyl adjacent to an activating group) is 1. The summed E-state index contributed by atoms with van der Waals surface area (Å²) < 4.78 is 0. The van der Waals surface area contributed by atoms with Crippen molar-refractivity contribution < 1.29 is 15.0 Å². The SMILES string of the molecule is CCC1CN(CC(O)CC(=O)O)CCN1C. The van der Waals surface area contributed by atoms with Crippen LogP contribution in [0.25, 0.3) is 0 Å². The zero-order valence-electron chi connectivity index (χ0n) is 10.1. The predicted octanol–water partition coefficient (Wildman–Crippen LogP) is -0.152. The molecule has 5 nitrogen and oxygen atoms in total. The molecule has 2 N–H and O–H groups in total. The van der Waals surface area contributed by atoms with Gasteiger partial charge in [-0.05, 0) is 13.5 Å². The zero-order valence-corrected chi connectivity index (χ0v) is 10.1. The van der Waals surface area contributed by atoms with E-state index in [1.54, 1.807) is 0 Å². The Balaban J connectivity index is 2.35. The second kappa shape index (κ2) is 6.18. The van der Waals surface area contributed by atoms with Crippen LogP contribution in [0.2, 0.25) is 0 Å². The number of aliphatic hydroxyl groups excluding tert-OH is 1. The van der Waals surface area contributed by atoms with Crippen molar-refractivity contribution in [3.8, 4) is 0 Å². The van der Waals surface area contributed by atoms with Crippen LogP contribution < -0.4 is 0 Å². The van der Waals surface area contributed by atoms with Gasteiger partial charge >= 0.3 is 5.97 Å². The molecule has 0 saturated carbocycles. The number of nitrogens with zero attached hydrogens (tertiary/aromatic N) is 2. The molecule has 0 amide bonds. The number of aliphatic hydroxyl groups is 1. The number of rotatable bonds is 5. The molecule has 5 heteroatoms. The van der Waals surface area contributed by atoms with Gasteiger partial charge < -0.3 is 15.1 Å².